The zero-order valence-corrected chi connectivity index (χ0v) is 16.1. The zero-order chi connectivity index (χ0) is 20.2. The summed E-state index contributed by atoms with van der Waals surface area (Å²) in [7, 11) is 0. The number of para-hydroxylation sites is 1. The van der Waals surface area contributed by atoms with Gasteiger partial charge in [-0.25, -0.2) is 0 Å². The third-order valence-electron chi connectivity index (χ3n) is 5.40. The Morgan fingerprint density at radius 1 is 1.07 bits per heavy atom. The number of hydrogen-bond donors (Lipinski definition) is 2. The molecule has 1 heterocycles. The van der Waals surface area contributed by atoms with Gasteiger partial charge < -0.3 is 24.8 Å². The van der Waals surface area contributed by atoms with Gasteiger partial charge >= 0.3 is 5.97 Å². The lowest BCUT2D eigenvalue weighted by atomic mass is 10.1. The van der Waals surface area contributed by atoms with Crippen LogP contribution >= 0.6 is 0 Å². The van der Waals surface area contributed by atoms with Gasteiger partial charge in [0.05, 0.1) is 5.56 Å². The third-order valence-corrected chi connectivity index (χ3v) is 5.40. The summed E-state index contributed by atoms with van der Waals surface area (Å²) < 4.78 is 10.9. The maximum Gasteiger partial charge on any atom is 0.322 e. The largest absolute Gasteiger partial charge is 0.480 e. The summed E-state index contributed by atoms with van der Waals surface area (Å²) >= 11 is 0. The Bertz CT molecular complexity index is 908. The van der Waals surface area contributed by atoms with Gasteiger partial charge in [0.15, 0.2) is 11.5 Å². The van der Waals surface area contributed by atoms with Crippen LogP contribution in [0, 0.1) is 0 Å². The lowest BCUT2D eigenvalue weighted by Gasteiger charge is -2.30. The summed E-state index contributed by atoms with van der Waals surface area (Å²) in [4.78, 5) is 26.4. The van der Waals surface area contributed by atoms with E-state index in [0.29, 0.717) is 23.5 Å². The minimum Gasteiger partial charge on any atom is -0.480 e. The SMILES string of the molecule is O=C(O)CNc1ccccc1C(=O)N(Cc1ccc2c(c1)OCO2)C1CCCC1. The molecule has 2 N–H and O–H groups in total. The van der Waals surface area contributed by atoms with E-state index < -0.39 is 5.97 Å². The molecule has 0 spiro atoms. The van der Waals surface area contributed by atoms with Gasteiger partial charge in [0.25, 0.3) is 5.91 Å². The molecule has 4 rings (SSSR count). The number of nitrogens with zero attached hydrogens (tertiary/aromatic N) is 1. The van der Waals surface area contributed by atoms with E-state index in [1.54, 1.807) is 24.3 Å². The van der Waals surface area contributed by atoms with Crippen LogP contribution in [0.3, 0.4) is 0 Å². The molecule has 2 aromatic carbocycles. The molecule has 29 heavy (non-hydrogen) atoms. The molecule has 7 nitrogen and oxygen atoms in total. The third kappa shape index (κ3) is 4.29. The van der Waals surface area contributed by atoms with E-state index in [-0.39, 0.29) is 25.3 Å². The molecular weight excluding hydrogens is 372 g/mol. The zero-order valence-electron chi connectivity index (χ0n) is 16.1. The maximum absolute atomic E-state index is 13.5. The Morgan fingerprint density at radius 2 is 1.83 bits per heavy atom. The highest BCUT2D eigenvalue weighted by Crippen LogP contribution is 2.34. The van der Waals surface area contributed by atoms with E-state index in [1.807, 2.05) is 23.1 Å². The molecule has 0 atom stereocenters. The molecule has 0 bridgehead atoms. The second-order valence-electron chi connectivity index (χ2n) is 7.35. The van der Waals surface area contributed by atoms with E-state index in [0.717, 1.165) is 37.0 Å². The Morgan fingerprint density at radius 3 is 2.62 bits per heavy atom. The van der Waals surface area contributed by atoms with Crippen LogP contribution < -0.4 is 14.8 Å². The second-order valence-corrected chi connectivity index (χ2v) is 7.35. The predicted octanol–water partition coefficient (Wildman–Crippen LogP) is 3.50. The minimum atomic E-state index is -0.972. The molecule has 1 aliphatic carbocycles. The first kappa shape index (κ1) is 19.1. The van der Waals surface area contributed by atoms with Gasteiger partial charge in [0.1, 0.15) is 6.54 Å². The number of carbonyl (C=O) groups is 2. The number of ether oxygens (including phenoxy) is 2. The van der Waals surface area contributed by atoms with Gasteiger partial charge in [-0.15, -0.1) is 0 Å². The molecule has 1 fully saturated rings. The molecule has 0 unspecified atom stereocenters. The molecule has 1 saturated carbocycles. The molecule has 0 radical (unpaired) electrons. The van der Waals surface area contributed by atoms with Crippen molar-refractivity contribution < 1.29 is 24.2 Å². The number of hydrogen-bond acceptors (Lipinski definition) is 5. The number of carbonyl (C=O) groups excluding carboxylic acids is 1. The van der Waals surface area contributed by atoms with Crippen molar-refractivity contribution in [2.45, 2.75) is 38.3 Å². The Kier molecular flexibility index (Phi) is 5.55. The second kappa shape index (κ2) is 8.43. The van der Waals surface area contributed by atoms with Crippen LogP contribution in [0.5, 0.6) is 11.5 Å². The topological polar surface area (TPSA) is 88.1 Å². The first-order chi connectivity index (χ1) is 14.1. The van der Waals surface area contributed by atoms with E-state index in [1.165, 1.54) is 0 Å². The minimum absolute atomic E-state index is 0.0944. The van der Waals surface area contributed by atoms with Crippen molar-refractivity contribution in [3.8, 4) is 11.5 Å². The number of fused-ring (bicyclic) bond motifs is 1. The van der Waals surface area contributed by atoms with Crippen molar-refractivity contribution in [1.82, 2.24) is 4.90 Å². The fourth-order valence-corrected chi connectivity index (χ4v) is 3.97. The number of carboxylic acids is 1. The van der Waals surface area contributed by atoms with Gasteiger partial charge in [-0.3, -0.25) is 9.59 Å². The smallest absolute Gasteiger partial charge is 0.322 e. The number of anilines is 1. The Balaban J connectivity index is 1.60. The summed E-state index contributed by atoms with van der Waals surface area (Å²) in [6, 6.07) is 13.0. The van der Waals surface area contributed by atoms with Gasteiger partial charge in [0.2, 0.25) is 6.79 Å². The molecule has 2 aromatic rings. The Hall–Kier alpha value is -3.22. The number of benzene rings is 2. The monoisotopic (exact) mass is 396 g/mol. The van der Waals surface area contributed by atoms with Crippen molar-refractivity contribution in [2.75, 3.05) is 18.7 Å². The molecule has 1 amide bonds. The number of carboxylic acid groups (broad SMARTS) is 1. The summed E-state index contributed by atoms with van der Waals surface area (Å²) in [5, 5.41) is 11.8. The van der Waals surface area contributed by atoms with Crippen LogP contribution in [0.2, 0.25) is 0 Å². The highest BCUT2D eigenvalue weighted by atomic mass is 16.7. The highest BCUT2D eigenvalue weighted by Gasteiger charge is 2.29. The van der Waals surface area contributed by atoms with Crippen molar-refractivity contribution in [1.29, 1.82) is 0 Å². The molecular formula is C22H24N2O5. The van der Waals surface area contributed by atoms with E-state index in [4.69, 9.17) is 14.6 Å². The summed E-state index contributed by atoms with van der Waals surface area (Å²) in [6.45, 7) is 0.440. The van der Waals surface area contributed by atoms with Gasteiger partial charge in [-0.1, -0.05) is 31.0 Å². The number of aliphatic carboxylic acids is 1. The van der Waals surface area contributed by atoms with Crippen molar-refractivity contribution in [3.63, 3.8) is 0 Å². The average Bonchev–Trinajstić information content (AvgIpc) is 3.41. The van der Waals surface area contributed by atoms with Crippen LogP contribution in [0.4, 0.5) is 5.69 Å². The van der Waals surface area contributed by atoms with Crippen LogP contribution in [0.15, 0.2) is 42.5 Å². The molecule has 0 saturated heterocycles. The van der Waals surface area contributed by atoms with Gasteiger partial charge in [0, 0.05) is 18.3 Å². The normalized spacial score (nSPS) is 15.3. The van der Waals surface area contributed by atoms with Crippen LogP contribution in [-0.2, 0) is 11.3 Å². The van der Waals surface area contributed by atoms with Gasteiger partial charge in [-0.05, 0) is 42.7 Å². The number of rotatable bonds is 7. The number of amides is 1. The van der Waals surface area contributed by atoms with E-state index in [2.05, 4.69) is 5.32 Å². The van der Waals surface area contributed by atoms with E-state index >= 15 is 0 Å². The lowest BCUT2D eigenvalue weighted by molar-refractivity contribution is -0.134. The molecule has 7 heteroatoms. The summed E-state index contributed by atoms with van der Waals surface area (Å²) in [5.41, 5.74) is 2.00. The lowest BCUT2D eigenvalue weighted by Crippen LogP contribution is -2.38. The Labute approximate surface area is 169 Å². The first-order valence-corrected chi connectivity index (χ1v) is 9.86. The molecule has 152 valence electrons. The first-order valence-electron chi connectivity index (χ1n) is 9.86. The van der Waals surface area contributed by atoms with Crippen molar-refractivity contribution in [3.05, 3.63) is 53.6 Å². The quantitative estimate of drug-likeness (QED) is 0.745. The number of nitrogens with one attached hydrogen (secondary N) is 1. The fourth-order valence-electron chi connectivity index (χ4n) is 3.97. The molecule has 2 aliphatic rings. The standard InChI is InChI=1S/C22H24N2O5/c25-21(26)12-23-18-8-4-3-7-17(18)22(27)24(16-5-1-2-6-16)13-15-9-10-19-20(11-15)29-14-28-19/h3-4,7-11,16,23H,1-2,5-6,12-14H2,(H,25,26). The fraction of sp³-hybridized carbons (Fsp3) is 0.364. The summed E-state index contributed by atoms with van der Waals surface area (Å²) in [5.74, 6) is 0.351. The molecule has 0 aromatic heterocycles. The maximum atomic E-state index is 13.5. The van der Waals surface area contributed by atoms with Crippen LogP contribution in [-0.4, -0.2) is 41.3 Å². The highest BCUT2D eigenvalue weighted by molar-refractivity contribution is 6.00. The molecule has 1 aliphatic heterocycles. The van der Waals surface area contributed by atoms with Crippen molar-refractivity contribution in [2.24, 2.45) is 0 Å². The van der Waals surface area contributed by atoms with E-state index in [9.17, 15) is 9.59 Å². The van der Waals surface area contributed by atoms with Crippen LogP contribution in [0.1, 0.15) is 41.6 Å². The van der Waals surface area contributed by atoms with Gasteiger partial charge in [-0.2, -0.15) is 0 Å². The summed E-state index contributed by atoms with van der Waals surface area (Å²) in [6.07, 6.45) is 4.16. The average molecular weight is 396 g/mol. The van der Waals surface area contributed by atoms with Crippen molar-refractivity contribution >= 4 is 17.6 Å². The predicted molar refractivity (Wildman–Crippen MR) is 107 cm³/mol. The van der Waals surface area contributed by atoms with Crippen LogP contribution in [0.25, 0.3) is 0 Å².